The van der Waals surface area contributed by atoms with Crippen LogP contribution in [-0.4, -0.2) is 49.7 Å². The van der Waals surface area contributed by atoms with E-state index in [4.69, 9.17) is 0 Å². The molecule has 1 amide bonds. The van der Waals surface area contributed by atoms with Gasteiger partial charge in [0.1, 0.15) is 10.7 Å². The molecule has 2 fully saturated rings. The van der Waals surface area contributed by atoms with E-state index in [2.05, 4.69) is 0 Å². The predicted molar refractivity (Wildman–Crippen MR) is 79.0 cm³/mol. The van der Waals surface area contributed by atoms with Crippen LogP contribution >= 0.6 is 0 Å². The Balaban J connectivity index is 1.68. The molecule has 5 nitrogen and oxygen atoms in total. The molecular weight excluding hydrogens is 307 g/mol. The molecule has 22 heavy (non-hydrogen) atoms. The molecule has 0 bridgehead atoms. The molecule has 1 saturated carbocycles. The number of hydrogen-bond donors (Lipinski definition) is 0. The van der Waals surface area contributed by atoms with Crippen LogP contribution in [0.2, 0.25) is 0 Å². The highest BCUT2D eigenvalue weighted by atomic mass is 32.2. The molecule has 0 unspecified atom stereocenters. The summed E-state index contributed by atoms with van der Waals surface area (Å²) >= 11 is 0. The Morgan fingerprint density at radius 2 is 1.77 bits per heavy atom. The first-order valence-electron chi connectivity index (χ1n) is 7.44. The van der Waals surface area contributed by atoms with E-state index in [1.54, 1.807) is 4.90 Å². The molecule has 2 atom stereocenters. The standard InChI is InChI=1S/C15H19FN2O3S/c1-11-10-12(11)15(19)17-6-8-18(9-7-17)22(20,21)14-5-3-2-4-13(14)16/h2-5,11-12H,6-10H2,1H3/t11-,12+/m0/s1. The summed E-state index contributed by atoms with van der Waals surface area (Å²) in [6.07, 6.45) is 0.923. The van der Waals surface area contributed by atoms with E-state index in [1.807, 2.05) is 6.92 Å². The molecule has 1 aliphatic carbocycles. The van der Waals surface area contributed by atoms with Crippen molar-refractivity contribution in [2.45, 2.75) is 18.2 Å². The highest BCUT2D eigenvalue weighted by Gasteiger charge is 2.42. The van der Waals surface area contributed by atoms with E-state index in [9.17, 15) is 17.6 Å². The average molecular weight is 326 g/mol. The first-order chi connectivity index (χ1) is 10.4. The van der Waals surface area contributed by atoms with Crippen LogP contribution in [0.25, 0.3) is 0 Å². The molecule has 2 aliphatic rings. The topological polar surface area (TPSA) is 57.7 Å². The third kappa shape index (κ3) is 2.75. The molecule has 1 heterocycles. The fourth-order valence-electron chi connectivity index (χ4n) is 2.84. The third-order valence-electron chi connectivity index (χ3n) is 4.43. The van der Waals surface area contributed by atoms with Crippen molar-refractivity contribution in [3.63, 3.8) is 0 Å². The van der Waals surface area contributed by atoms with Gasteiger partial charge in [-0.2, -0.15) is 4.31 Å². The van der Waals surface area contributed by atoms with Gasteiger partial charge in [-0.05, 0) is 24.5 Å². The number of nitrogens with zero attached hydrogens (tertiary/aromatic N) is 2. The summed E-state index contributed by atoms with van der Waals surface area (Å²) < 4.78 is 39.9. The van der Waals surface area contributed by atoms with Gasteiger partial charge >= 0.3 is 0 Å². The highest BCUT2D eigenvalue weighted by molar-refractivity contribution is 7.89. The van der Waals surface area contributed by atoms with Crippen molar-refractivity contribution in [1.29, 1.82) is 0 Å². The van der Waals surface area contributed by atoms with Crippen LogP contribution in [0.4, 0.5) is 4.39 Å². The van der Waals surface area contributed by atoms with Crippen LogP contribution < -0.4 is 0 Å². The minimum absolute atomic E-state index is 0.106. The Morgan fingerprint density at radius 1 is 1.18 bits per heavy atom. The van der Waals surface area contributed by atoms with E-state index >= 15 is 0 Å². The maximum atomic E-state index is 13.7. The quantitative estimate of drug-likeness (QED) is 0.842. The number of hydrogen-bond acceptors (Lipinski definition) is 3. The predicted octanol–water partition coefficient (Wildman–Crippen LogP) is 1.31. The summed E-state index contributed by atoms with van der Waals surface area (Å²) in [5.41, 5.74) is 0. The number of piperazine rings is 1. The van der Waals surface area contributed by atoms with Crippen LogP contribution in [0, 0.1) is 17.7 Å². The molecule has 1 aliphatic heterocycles. The fraction of sp³-hybridized carbons (Fsp3) is 0.533. The van der Waals surface area contributed by atoms with Crippen molar-refractivity contribution < 1.29 is 17.6 Å². The molecule has 0 N–H and O–H groups in total. The van der Waals surface area contributed by atoms with Crippen LogP contribution in [-0.2, 0) is 14.8 Å². The average Bonchev–Trinajstić information content (AvgIpc) is 3.24. The van der Waals surface area contributed by atoms with E-state index in [0.29, 0.717) is 19.0 Å². The normalized spacial score (nSPS) is 26.0. The van der Waals surface area contributed by atoms with Gasteiger partial charge in [0.25, 0.3) is 0 Å². The van der Waals surface area contributed by atoms with E-state index in [0.717, 1.165) is 12.5 Å². The molecule has 7 heteroatoms. The molecule has 0 spiro atoms. The van der Waals surface area contributed by atoms with Gasteiger partial charge in [-0.3, -0.25) is 4.79 Å². The van der Waals surface area contributed by atoms with Crippen molar-refractivity contribution in [2.24, 2.45) is 11.8 Å². The minimum Gasteiger partial charge on any atom is -0.340 e. The monoisotopic (exact) mass is 326 g/mol. The second kappa shape index (κ2) is 5.62. The second-order valence-corrected chi connectivity index (χ2v) is 7.89. The van der Waals surface area contributed by atoms with E-state index in [1.165, 1.54) is 22.5 Å². The van der Waals surface area contributed by atoms with Gasteiger partial charge in [0.2, 0.25) is 15.9 Å². The molecule has 1 aromatic rings. The van der Waals surface area contributed by atoms with Crippen molar-refractivity contribution in [1.82, 2.24) is 9.21 Å². The van der Waals surface area contributed by atoms with E-state index < -0.39 is 15.8 Å². The first kappa shape index (κ1) is 15.4. The van der Waals surface area contributed by atoms with Gasteiger partial charge in [-0.25, -0.2) is 12.8 Å². The SMILES string of the molecule is C[C@H]1C[C@H]1C(=O)N1CCN(S(=O)(=O)c2ccccc2F)CC1. The number of halogens is 1. The van der Waals surface area contributed by atoms with Crippen molar-refractivity contribution in [3.05, 3.63) is 30.1 Å². The summed E-state index contributed by atoms with van der Waals surface area (Å²) in [6.45, 7) is 3.21. The van der Waals surface area contributed by atoms with Gasteiger partial charge in [-0.1, -0.05) is 19.1 Å². The van der Waals surface area contributed by atoms with Crippen molar-refractivity contribution in [3.8, 4) is 0 Å². The Labute approximate surface area is 129 Å². The van der Waals surface area contributed by atoms with Gasteiger partial charge in [-0.15, -0.1) is 0 Å². The van der Waals surface area contributed by atoms with Gasteiger partial charge < -0.3 is 4.90 Å². The summed E-state index contributed by atoms with van der Waals surface area (Å²) in [5, 5.41) is 0. The molecule has 0 radical (unpaired) electrons. The summed E-state index contributed by atoms with van der Waals surface area (Å²) in [6, 6.07) is 5.38. The number of benzene rings is 1. The van der Waals surface area contributed by atoms with Crippen molar-refractivity contribution >= 4 is 15.9 Å². The van der Waals surface area contributed by atoms with Gasteiger partial charge in [0.15, 0.2) is 0 Å². The fourth-order valence-corrected chi connectivity index (χ4v) is 4.33. The van der Waals surface area contributed by atoms with Gasteiger partial charge in [0, 0.05) is 32.1 Å². The number of sulfonamides is 1. The largest absolute Gasteiger partial charge is 0.340 e. The number of amides is 1. The molecule has 1 saturated heterocycles. The van der Waals surface area contributed by atoms with Crippen LogP contribution in [0.15, 0.2) is 29.2 Å². The lowest BCUT2D eigenvalue weighted by molar-refractivity contribution is -0.134. The Bertz CT molecular complexity index is 684. The van der Waals surface area contributed by atoms with Crippen LogP contribution in [0.1, 0.15) is 13.3 Å². The van der Waals surface area contributed by atoms with Crippen molar-refractivity contribution in [2.75, 3.05) is 26.2 Å². The highest BCUT2D eigenvalue weighted by Crippen LogP contribution is 2.39. The number of carbonyl (C=O) groups excluding carboxylic acids is 1. The van der Waals surface area contributed by atoms with Crippen LogP contribution in [0.3, 0.4) is 0 Å². The van der Waals surface area contributed by atoms with Crippen LogP contribution in [0.5, 0.6) is 0 Å². The minimum atomic E-state index is -3.84. The molecule has 3 rings (SSSR count). The second-order valence-electron chi connectivity index (χ2n) is 5.98. The van der Waals surface area contributed by atoms with E-state index in [-0.39, 0.29) is 29.8 Å². The zero-order chi connectivity index (χ0) is 15.9. The first-order valence-corrected chi connectivity index (χ1v) is 8.88. The third-order valence-corrected chi connectivity index (χ3v) is 6.36. The summed E-state index contributed by atoms with van der Waals surface area (Å²) in [5.74, 6) is -0.0781. The number of carbonyl (C=O) groups is 1. The molecular formula is C15H19FN2O3S. The number of rotatable bonds is 3. The maximum Gasteiger partial charge on any atom is 0.246 e. The Kier molecular flexibility index (Phi) is 3.94. The lowest BCUT2D eigenvalue weighted by Crippen LogP contribution is -2.51. The van der Waals surface area contributed by atoms with Gasteiger partial charge in [0.05, 0.1) is 0 Å². The molecule has 1 aromatic carbocycles. The Morgan fingerprint density at radius 3 is 2.32 bits per heavy atom. The lowest BCUT2D eigenvalue weighted by Gasteiger charge is -2.34. The molecule has 120 valence electrons. The summed E-state index contributed by atoms with van der Waals surface area (Å²) in [7, 11) is -3.84. The molecule has 0 aromatic heterocycles. The zero-order valence-electron chi connectivity index (χ0n) is 12.4. The maximum absolute atomic E-state index is 13.7. The zero-order valence-corrected chi connectivity index (χ0v) is 13.2. The lowest BCUT2D eigenvalue weighted by atomic mass is 10.2. The summed E-state index contributed by atoms with van der Waals surface area (Å²) in [4.78, 5) is 13.6. The smallest absolute Gasteiger partial charge is 0.246 e. The Hall–Kier alpha value is -1.47.